The van der Waals surface area contributed by atoms with Crippen LogP contribution in [0.2, 0.25) is 0 Å². The molecule has 0 aliphatic heterocycles. The fourth-order valence-corrected chi connectivity index (χ4v) is 2.65. The van der Waals surface area contributed by atoms with Crippen LogP contribution in [-0.2, 0) is 0 Å². The Kier molecular flexibility index (Phi) is 6.96. The number of allylic oxidation sites excluding steroid dienone is 1. The van der Waals surface area contributed by atoms with Gasteiger partial charge in [-0.15, -0.1) is 0 Å². The van der Waals surface area contributed by atoms with Gasteiger partial charge in [0.05, 0.1) is 0 Å². The van der Waals surface area contributed by atoms with Crippen molar-refractivity contribution >= 4 is 0 Å². The lowest BCUT2D eigenvalue weighted by Crippen LogP contribution is -2.14. The fourth-order valence-electron chi connectivity index (χ4n) is 2.65. The van der Waals surface area contributed by atoms with E-state index in [2.05, 4.69) is 41.2 Å². The minimum atomic E-state index is 0.731. The smallest absolute Gasteiger partial charge is 0.0185 e. The third kappa shape index (κ3) is 4.83. The first kappa shape index (κ1) is 13.7. The topological polar surface area (TPSA) is 0 Å². The minimum absolute atomic E-state index is 0.731. The summed E-state index contributed by atoms with van der Waals surface area (Å²) in [6.45, 7) is 15.6. The summed E-state index contributed by atoms with van der Waals surface area (Å²) in [6, 6.07) is 0. The number of rotatable bonds is 7. The van der Waals surface area contributed by atoms with Crippen molar-refractivity contribution in [2.75, 3.05) is 0 Å². The lowest BCUT2D eigenvalue weighted by molar-refractivity contribution is 0.311. The molecule has 0 aliphatic rings. The largest absolute Gasteiger partial charge is 0.0999 e. The van der Waals surface area contributed by atoms with Crippen molar-refractivity contribution in [2.24, 2.45) is 17.8 Å². The van der Waals surface area contributed by atoms with Gasteiger partial charge in [-0.1, -0.05) is 52.7 Å². The van der Waals surface area contributed by atoms with Gasteiger partial charge in [-0.2, -0.15) is 0 Å². The molecule has 0 spiro atoms. The van der Waals surface area contributed by atoms with Gasteiger partial charge < -0.3 is 0 Å². The highest BCUT2D eigenvalue weighted by Crippen LogP contribution is 2.29. The highest BCUT2D eigenvalue weighted by atomic mass is 14.2. The van der Waals surface area contributed by atoms with E-state index in [-0.39, 0.29) is 0 Å². The molecule has 0 aromatic rings. The molecule has 0 fully saturated rings. The van der Waals surface area contributed by atoms with Crippen LogP contribution in [0.3, 0.4) is 0 Å². The van der Waals surface area contributed by atoms with Gasteiger partial charge in [0.15, 0.2) is 0 Å². The van der Waals surface area contributed by atoms with Gasteiger partial charge in [0.25, 0.3) is 0 Å². The van der Waals surface area contributed by atoms with Gasteiger partial charge in [-0.05, 0) is 37.5 Å². The molecule has 3 atom stereocenters. The fraction of sp³-hybridized carbons (Fsp3) is 0.857. The van der Waals surface area contributed by atoms with Gasteiger partial charge in [-0.25, -0.2) is 0 Å². The summed E-state index contributed by atoms with van der Waals surface area (Å²) in [5, 5.41) is 0. The Morgan fingerprint density at radius 1 is 1.21 bits per heavy atom. The Bertz CT molecular complexity index is 157. The highest BCUT2D eigenvalue weighted by Gasteiger charge is 2.17. The Morgan fingerprint density at radius 3 is 2.14 bits per heavy atom. The zero-order valence-electron chi connectivity index (χ0n) is 10.8. The quantitative estimate of drug-likeness (QED) is 0.500. The lowest BCUT2D eigenvalue weighted by atomic mass is 9.80. The van der Waals surface area contributed by atoms with E-state index in [0.29, 0.717) is 0 Å². The lowest BCUT2D eigenvalue weighted by Gasteiger charge is -2.25. The standard InChI is InChI=1S/C14H28/c1-7-9-12(5)10-13(6)14(8-2)11(3)4/h12-14H,3,7-10H2,1-2,4-6H3. The molecular weight excluding hydrogens is 168 g/mol. The van der Waals surface area contributed by atoms with E-state index < -0.39 is 0 Å². The Hall–Kier alpha value is -0.260. The SMILES string of the molecule is C=C(C)C(CC)C(C)CC(C)CCC. The van der Waals surface area contributed by atoms with E-state index in [0.717, 1.165) is 17.8 Å². The molecule has 0 heterocycles. The van der Waals surface area contributed by atoms with Crippen molar-refractivity contribution in [2.45, 2.75) is 60.3 Å². The van der Waals surface area contributed by atoms with E-state index >= 15 is 0 Å². The van der Waals surface area contributed by atoms with E-state index in [1.54, 1.807) is 0 Å². The van der Waals surface area contributed by atoms with Crippen LogP contribution < -0.4 is 0 Å². The van der Waals surface area contributed by atoms with Gasteiger partial charge in [0, 0.05) is 0 Å². The zero-order valence-corrected chi connectivity index (χ0v) is 10.8. The molecule has 0 bridgehead atoms. The van der Waals surface area contributed by atoms with Crippen molar-refractivity contribution < 1.29 is 0 Å². The highest BCUT2D eigenvalue weighted by molar-refractivity contribution is 4.97. The van der Waals surface area contributed by atoms with Crippen LogP contribution in [-0.4, -0.2) is 0 Å². The molecule has 0 N–H and O–H groups in total. The number of hydrogen-bond acceptors (Lipinski definition) is 0. The summed E-state index contributed by atoms with van der Waals surface area (Å²) in [6.07, 6.45) is 5.29. The average molecular weight is 196 g/mol. The molecular formula is C14H28. The molecule has 0 nitrogen and oxygen atoms in total. The van der Waals surface area contributed by atoms with E-state index in [1.165, 1.54) is 31.3 Å². The van der Waals surface area contributed by atoms with Crippen LogP contribution in [0.4, 0.5) is 0 Å². The van der Waals surface area contributed by atoms with E-state index in [1.807, 2.05) is 0 Å². The Balaban J connectivity index is 4.03. The van der Waals surface area contributed by atoms with Crippen LogP contribution >= 0.6 is 0 Å². The monoisotopic (exact) mass is 196 g/mol. The van der Waals surface area contributed by atoms with Gasteiger partial charge in [0.2, 0.25) is 0 Å². The first-order valence-electron chi connectivity index (χ1n) is 6.18. The molecule has 0 amide bonds. The van der Waals surface area contributed by atoms with E-state index in [9.17, 15) is 0 Å². The number of hydrogen-bond donors (Lipinski definition) is 0. The second-order valence-corrected chi connectivity index (χ2v) is 4.97. The van der Waals surface area contributed by atoms with Crippen molar-refractivity contribution in [1.29, 1.82) is 0 Å². The molecule has 14 heavy (non-hydrogen) atoms. The molecule has 0 saturated heterocycles. The summed E-state index contributed by atoms with van der Waals surface area (Å²) in [5.74, 6) is 2.41. The van der Waals surface area contributed by atoms with Gasteiger partial charge in [0.1, 0.15) is 0 Å². The van der Waals surface area contributed by atoms with Crippen LogP contribution in [0.1, 0.15) is 60.3 Å². The third-order valence-corrected chi connectivity index (χ3v) is 3.32. The van der Waals surface area contributed by atoms with Crippen molar-refractivity contribution in [3.63, 3.8) is 0 Å². The molecule has 0 rings (SSSR count). The van der Waals surface area contributed by atoms with Crippen molar-refractivity contribution in [1.82, 2.24) is 0 Å². The Morgan fingerprint density at radius 2 is 1.79 bits per heavy atom. The average Bonchev–Trinajstić information content (AvgIpc) is 2.04. The first-order valence-corrected chi connectivity index (χ1v) is 6.18. The maximum Gasteiger partial charge on any atom is -0.0185 e. The normalized spacial score (nSPS) is 17.5. The Labute approximate surface area is 90.8 Å². The summed E-state index contributed by atoms with van der Waals surface area (Å²) in [4.78, 5) is 0. The van der Waals surface area contributed by atoms with E-state index in [4.69, 9.17) is 0 Å². The molecule has 84 valence electrons. The molecule has 3 unspecified atom stereocenters. The predicted molar refractivity (Wildman–Crippen MR) is 66.4 cm³/mol. The van der Waals surface area contributed by atoms with Crippen LogP contribution in [0.15, 0.2) is 12.2 Å². The van der Waals surface area contributed by atoms with Crippen molar-refractivity contribution in [3.8, 4) is 0 Å². The van der Waals surface area contributed by atoms with Crippen LogP contribution in [0.25, 0.3) is 0 Å². The maximum atomic E-state index is 4.10. The molecule has 0 saturated carbocycles. The summed E-state index contributed by atoms with van der Waals surface area (Å²) < 4.78 is 0. The summed E-state index contributed by atoms with van der Waals surface area (Å²) in [7, 11) is 0. The zero-order chi connectivity index (χ0) is 11.1. The molecule has 0 aliphatic carbocycles. The molecule has 0 heteroatoms. The molecule has 0 aromatic carbocycles. The second kappa shape index (κ2) is 7.09. The minimum Gasteiger partial charge on any atom is -0.0999 e. The molecule has 0 aromatic heterocycles. The van der Waals surface area contributed by atoms with Gasteiger partial charge >= 0.3 is 0 Å². The predicted octanol–water partition coefficient (Wildman–Crippen LogP) is 5.05. The van der Waals surface area contributed by atoms with Crippen LogP contribution in [0, 0.1) is 17.8 Å². The summed E-state index contributed by atoms with van der Waals surface area (Å²) in [5.41, 5.74) is 1.36. The third-order valence-electron chi connectivity index (χ3n) is 3.32. The van der Waals surface area contributed by atoms with Crippen LogP contribution in [0.5, 0.6) is 0 Å². The molecule has 0 radical (unpaired) electrons. The second-order valence-electron chi connectivity index (χ2n) is 4.97. The van der Waals surface area contributed by atoms with Gasteiger partial charge in [-0.3, -0.25) is 0 Å². The maximum absolute atomic E-state index is 4.10. The summed E-state index contributed by atoms with van der Waals surface area (Å²) >= 11 is 0. The first-order chi connectivity index (χ1) is 6.52. The van der Waals surface area contributed by atoms with Crippen molar-refractivity contribution in [3.05, 3.63) is 12.2 Å².